The maximum absolute atomic E-state index is 12.9. The van der Waals surface area contributed by atoms with Crippen molar-refractivity contribution in [3.63, 3.8) is 0 Å². The topological polar surface area (TPSA) is 67.4 Å². The molecule has 0 aliphatic rings. The number of anilines is 2. The van der Waals surface area contributed by atoms with Crippen molar-refractivity contribution in [1.82, 2.24) is 0 Å². The summed E-state index contributed by atoms with van der Waals surface area (Å²) in [6.07, 6.45) is 0.0771. The molecule has 0 saturated carbocycles. The number of rotatable bonds is 4. The molecule has 2 N–H and O–H groups in total. The molecule has 138 valence electrons. The minimum absolute atomic E-state index is 0.269. The smallest absolute Gasteiger partial charge is 0.412 e. The average Bonchev–Trinajstić information content (AvgIpc) is 2.54. The van der Waals surface area contributed by atoms with Crippen LogP contribution in [0.5, 0.6) is 0 Å². The molecule has 0 saturated heterocycles. The van der Waals surface area contributed by atoms with E-state index in [0.29, 0.717) is 23.4 Å². The number of aryl methyl sites for hydroxylation is 1. The fourth-order valence-electron chi connectivity index (χ4n) is 2.41. The summed E-state index contributed by atoms with van der Waals surface area (Å²) in [6, 6.07) is 12.9. The summed E-state index contributed by atoms with van der Waals surface area (Å²) in [5.41, 5.74) is 1.81. The summed E-state index contributed by atoms with van der Waals surface area (Å²) in [4.78, 5) is 25.0. The normalized spacial score (nSPS) is 11.0. The molecule has 6 heteroatoms. The van der Waals surface area contributed by atoms with Crippen LogP contribution in [0.1, 0.15) is 43.6 Å². The van der Waals surface area contributed by atoms with Crippen molar-refractivity contribution < 1.29 is 14.3 Å². The third-order valence-electron chi connectivity index (χ3n) is 3.50. The number of carbonyl (C=O) groups excluding carboxylic acids is 2. The van der Waals surface area contributed by atoms with Gasteiger partial charge in [-0.3, -0.25) is 10.1 Å². The van der Waals surface area contributed by atoms with Gasteiger partial charge in [-0.25, -0.2) is 4.79 Å². The highest BCUT2D eigenvalue weighted by atomic mass is 127. The molecule has 0 atom stereocenters. The second-order valence-electron chi connectivity index (χ2n) is 6.78. The Balaban J connectivity index is 2.29. The Hall–Kier alpha value is -2.09. The van der Waals surface area contributed by atoms with Crippen molar-refractivity contribution in [2.75, 3.05) is 10.6 Å². The number of ether oxygens (including phenoxy) is 1. The van der Waals surface area contributed by atoms with Crippen molar-refractivity contribution in [3.8, 4) is 0 Å². The maximum Gasteiger partial charge on any atom is 0.412 e. The van der Waals surface area contributed by atoms with E-state index in [1.165, 1.54) is 0 Å². The summed E-state index contributed by atoms with van der Waals surface area (Å²) in [5.74, 6) is -0.269. The molecule has 0 unspecified atom stereocenters. The number of benzene rings is 2. The Bertz CT molecular complexity index is 796. The molecular weight excluding hydrogens is 443 g/mol. The van der Waals surface area contributed by atoms with Crippen molar-refractivity contribution in [1.29, 1.82) is 0 Å². The predicted molar refractivity (Wildman–Crippen MR) is 113 cm³/mol. The number of hydrogen-bond donors (Lipinski definition) is 2. The molecule has 0 aliphatic carbocycles. The fraction of sp³-hybridized carbons (Fsp3) is 0.300. The lowest BCUT2D eigenvalue weighted by atomic mass is 10.0. The van der Waals surface area contributed by atoms with Gasteiger partial charge in [-0.1, -0.05) is 19.1 Å². The molecular formula is C20H23IN2O3. The van der Waals surface area contributed by atoms with Crippen LogP contribution in [0.2, 0.25) is 0 Å². The van der Waals surface area contributed by atoms with Crippen LogP contribution in [0, 0.1) is 3.57 Å². The first kappa shape index (κ1) is 20.2. The third kappa shape index (κ3) is 5.72. The van der Waals surface area contributed by atoms with Gasteiger partial charge in [0.1, 0.15) is 5.60 Å². The summed E-state index contributed by atoms with van der Waals surface area (Å²) in [5, 5.41) is 5.58. The van der Waals surface area contributed by atoms with Crippen molar-refractivity contribution in [2.24, 2.45) is 0 Å². The Morgan fingerprint density at radius 3 is 2.27 bits per heavy atom. The lowest BCUT2D eigenvalue weighted by molar-refractivity contribution is 0.0636. The van der Waals surface area contributed by atoms with E-state index < -0.39 is 11.7 Å². The maximum atomic E-state index is 12.9. The Morgan fingerprint density at radius 1 is 1.04 bits per heavy atom. The number of amides is 2. The molecule has 2 rings (SSSR count). The molecule has 0 aromatic heterocycles. The van der Waals surface area contributed by atoms with Gasteiger partial charge in [-0.2, -0.15) is 0 Å². The van der Waals surface area contributed by atoms with Crippen LogP contribution in [-0.4, -0.2) is 17.6 Å². The van der Waals surface area contributed by atoms with Crippen LogP contribution >= 0.6 is 22.6 Å². The van der Waals surface area contributed by atoms with Gasteiger partial charge in [-0.05, 0) is 85.7 Å². The summed E-state index contributed by atoms with van der Waals surface area (Å²) in [7, 11) is 0. The lowest BCUT2D eigenvalue weighted by Crippen LogP contribution is -2.28. The highest BCUT2D eigenvalue weighted by Gasteiger charge is 2.21. The molecule has 2 aromatic carbocycles. The molecule has 0 heterocycles. The fourth-order valence-corrected chi connectivity index (χ4v) is 2.77. The van der Waals surface area contributed by atoms with Gasteiger partial charge < -0.3 is 10.1 Å². The first-order valence-electron chi connectivity index (χ1n) is 8.38. The van der Waals surface area contributed by atoms with E-state index in [9.17, 15) is 9.59 Å². The molecule has 2 amide bonds. The molecule has 0 aliphatic heterocycles. The third-order valence-corrected chi connectivity index (χ3v) is 4.22. The average molecular weight is 466 g/mol. The van der Waals surface area contributed by atoms with Gasteiger partial charge in [0.05, 0.1) is 11.3 Å². The van der Waals surface area contributed by atoms with Gasteiger partial charge in [-0.15, -0.1) is 0 Å². The Morgan fingerprint density at radius 2 is 1.69 bits per heavy atom. The van der Waals surface area contributed by atoms with Crippen LogP contribution in [0.3, 0.4) is 0 Å². The van der Waals surface area contributed by atoms with E-state index in [1.807, 2.05) is 43.3 Å². The lowest BCUT2D eigenvalue weighted by Gasteiger charge is -2.21. The highest BCUT2D eigenvalue weighted by molar-refractivity contribution is 14.1. The van der Waals surface area contributed by atoms with E-state index in [-0.39, 0.29) is 5.91 Å². The Kier molecular flexibility index (Phi) is 6.63. The highest BCUT2D eigenvalue weighted by Crippen LogP contribution is 2.23. The molecule has 5 nitrogen and oxygen atoms in total. The van der Waals surface area contributed by atoms with Crippen molar-refractivity contribution in [2.45, 2.75) is 39.7 Å². The van der Waals surface area contributed by atoms with Gasteiger partial charge >= 0.3 is 6.09 Å². The van der Waals surface area contributed by atoms with Crippen LogP contribution in [0.15, 0.2) is 42.5 Å². The van der Waals surface area contributed by atoms with Crippen LogP contribution < -0.4 is 10.6 Å². The van der Waals surface area contributed by atoms with Crippen molar-refractivity contribution >= 4 is 46.0 Å². The zero-order valence-electron chi connectivity index (χ0n) is 15.4. The van der Waals surface area contributed by atoms with Gasteiger partial charge in [0.2, 0.25) is 0 Å². The quantitative estimate of drug-likeness (QED) is 0.589. The second-order valence-corrected chi connectivity index (χ2v) is 8.03. The molecule has 26 heavy (non-hydrogen) atoms. The summed E-state index contributed by atoms with van der Waals surface area (Å²) in [6.45, 7) is 7.34. The minimum Gasteiger partial charge on any atom is -0.444 e. The van der Waals surface area contributed by atoms with Gasteiger partial charge in [0.15, 0.2) is 0 Å². The summed E-state index contributed by atoms with van der Waals surface area (Å²) >= 11 is 2.21. The SMILES string of the molecule is CCc1cccc(NC(=O)OC(C)(C)C)c1C(=O)Nc1ccc(I)cc1. The second kappa shape index (κ2) is 8.53. The molecule has 0 spiro atoms. The van der Waals surface area contributed by atoms with E-state index in [4.69, 9.17) is 4.74 Å². The first-order chi connectivity index (χ1) is 12.2. The van der Waals surface area contributed by atoms with Crippen LogP contribution in [-0.2, 0) is 11.2 Å². The number of nitrogens with one attached hydrogen (secondary N) is 2. The van der Waals surface area contributed by atoms with E-state index in [0.717, 1.165) is 9.13 Å². The molecule has 0 radical (unpaired) electrons. The van der Waals surface area contributed by atoms with Gasteiger partial charge in [0.25, 0.3) is 5.91 Å². The van der Waals surface area contributed by atoms with Crippen LogP contribution in [0.25, 0.3) is 0 Å². The minimum atomic E-state index is -0.615. The molecule has 2 aromatic rings. The monoisotopic (exact) mass is 466 g/mol. The van der Waals surface area contributed by atoms with E-state index in [1.54, 1.807) is 26.8 Å². The van der Waals surface area contributed by atoms with E-state index >= 15 is 0 Å². The molecule has 0 fully saturated rings. The number of hydrogen-bond acceptors (Lipinski definition) is 3. The number of halogens is 1. The summed E-state index contributed by atoms with van der Waals surface area (Å²) < 4.78 is 6.38. The van der Waals surface area contributed by atoms with Gasteiger partial charge in [0, 0.05) is 9.26 Å². The standard InChI is InChI=1S/C20H23IN2O3/c1-5-13-7-6-8-16(23-19(25)26-20(2,3)4)17(13)18(24)22-15-11-9-14(21)10-12-15/h6-12H,5H2,1-4H3,(H,22,24)(H,23,25). The first-order valence-corrected chi connectivity index (χ1v) is 9.46. The predicted octanol–water partition coefficient (Wildman–Crippen LogP) is 5.45. The number of carbonyl (C=O) groups is 2. The zero-order chi connectivity index (χ0) is 19.3. The van der Waals surface area contributed by atoms with Crippen molar-refractivity contribution in [3.05, 3.63) is 57.2 Å². The largest absolute Gasteiger partial charge is 0.444 e. The van der Waals surface area contributed by atoms with E-state index in [2.05, 4.69) is 33.2 Å². The molecule has 0 bridgehead atoms. The Labute approximate surface area is 167 Å². The van der Waals surface area contributed by atoms with Crippen LogP contribution in [0.4, 0.5) is 16.2 Å². The zero-order valence-corrected chi connectivity index (χ0v) is 17.5.